The average Bonchev–Trinajstić information content (AvgIpc) is 2.92. The maximum Gasteiger partial charge on any atom is 0.246 e. The number of methoxy groups -OCH3 is 1. The van der Waals surface area contributed by atoms with Gasteiger partial charge < -0.3 is 9.57 Å². The first kappa shape index (κ1) is 12.9. The third-order valence-corrected chi connectivity index (χ3v) is 5.97. The molecule has 4 nitrogen and oxygen atoms in total. The maximum atomic E-state index is 6.26. The van der Waals surface area contributed by atoms with E-state index in [1.165, 1.54) is 32.1 Å². The molecule has 3 unspecified atom stereocenters. The first-order valence-electron chi connectivity index (χ1n) is 8.49. The fourth-order valence-corrected chi connectivity index (χ4v) is 5.22. The Bertz CT molecular complexity index is 615. The minimum atomic E-state index is 0.222. The molecular formula is C18H22N2O2. The fraction of sp³-hybridized carbons (Fsp3) is 0.611. The standard InChI is InChI=1S/C18H22N2O2/c1-21-16-5-3-2-4-15(16)18-19-17-13-7-11-6-12(8-13)10-14(9-11)20(17)22-18/h2-5,11-14,17H,6-10H2,1H3. The molecule has 1 aromatic rings. The average molecular weight is 298 g/mol. The first-order chi connectivity index (χ1) is 10.8. The molecule has 4 fully saturated rings. The molecule has 2 saturated carbocycles. The topological polar surface area (TPSA) is 34.1 Å². The lowest BCUT2D eigenvalue weighted by Gasteiger charge is -2.38. The van der Waals surface area contributed by atoms with Crippen molar-refractivity contribution in [3.63, 3.8) is 0 Å². The Labute approximate surface area is 131 Å². The van der Waals surface area contributed by atoms with Gasteiger partial charge in [0.05, 0.1) is 12.7 Å². The van der Waals surface area contributed by atoms with Crippen molar-refractivity contribution in [1.29, 1.82) is 0 Å². The van der Waals surface area contributed by atoms with Gasteiger partial charge in [-0.25, -0.2) is 4.99 Å². The van der Waals surface area contributed by atoms with E-state index >= 15 is 0 Å². The van der Waals surface area contributed by atoms with Crippen molar-refractivity contribution in [3.05, 3.63) is 29.8 Å². The lowest BCUT2D eigenvalue weighted by Crippen LogP contribution is -2.40. The van der Waals surface area contributed by atoms with Crippen molar-refractivity contribution in [2.75, 3.05) is 7.11 Å². The monoisotopic (exact) mass is 298 g/mol. The maximum absolute atomic E-state index is 6.26. The largest absolute Gasteiger partial charge is 0.496 e. The summed E-state index contributed by atoms with van der Waals surface area (Å²) in [6.07, 6.45) is 6.91. The molecule has 22 heavy (non-hydrogen) atoms. The zero-order chi connectivity index (χ0) is 14.7. The van der Waals surface area contributed by atoms with Gasteiger partial charge >= 0.3 is 0 Å². The van der Waals surface area contributed by atoms with Crippen molar-refractivity contribution in [1.82, 2.24) is 5.06 Å². The summed E-state index contributed by atoms with van der Waals surface area (Å²) in [6, 6.07) is 8.57. The summed E-state index contributed by atoms with van der Waals surface area (Å²) in [4.78, 5) is 11.2. The molecule has 3 heterocycles. The summed E-state index contributed by atoms with van der Waals surface area (Å²) in [7, 11) is 1.70. The van der Waals surface area contributed by atoms with Crippen LogP contribution in [0.15, 0.2) is 29.3 Å². The number of hydrogen-bond donors (Lipinski definition) is 0. The normalized spacial score (nSPS) is 39.1. The van der Waals surface area contributed by atoms with Crippen LogP contribution in [-0.4, -0.2) is 30.3 Å². The molecule has 3 aliphatic heterocycles. The van der Waals surface area contributed by atoms with Gasteiger partial charge in [0, 0.05) is 6.04 Å². The van der Waals surface area contributed by atoms with Gasteiger partial charge in [-0.3, -0.25) is 0 Å². The van der Waals surface area contributed by atoms with Crippen LogP contribution in [-0.2, 0) is 4.84 Å². The van der Waals surface area contributed by atoms with E-state index in [0.717, 1.165) is 29.0 Å². The van der Waals surface area contributed by atoms with E-state index in [4.69, 9.17) is 14.6 Å². The predicted octanol–water partition coefficient (Wildman–Crippen LogP) is 3.22. The van der Waals surface area contributed by atoms with Crippen LogP contribution in [0.1, 0.15) is 37.7 Å². The van der Waals surface area contributed by atoms with Crippen molar-refractivity contribution in [3.8, 4) is 5.75 Å². The molecule has 6 rings (SSSR count). The number of hydrogen-bond acceptors (Lipinski definition) is 4. The van der Waals surface area contributed by atoms with Gasteiger partial charge in [0.25, 0.3) is 0 Å². The minimum Gasteiger partial charge on any atom is -0.496 e. The van der Waals surface area contributed by atoms with Crippen LogP contribution in [0.4, 0.5) is 0 Å². The van der Waals surface area contributed by atoms with Gasteiger partial charge in [-0.05, 0) is 62.0 Å². The van der Waals surface area contributed by atoms with Gasteiger partial charge in [-0.1, -0.05) is 12.1 Å². The third kappa shape index (κ3) is 1.83. The van der Waals surface area contributed by atoms with Crippen LogP contribution < -0.4 is 4.74 Å². The Morgan fingerprint density at radius 1 is 1.09 bits per heavy atom. The molecular weight excluding hydrogens is 276 g/mol. The summed E-state index contributed by atoms with van der Waals surface area (Å²) in [6.45, 7) is 0. The molecule has 0 amide bonds. The molecule has 4 bridgehead atoms. The molecule has 5 aliphatic rings. The van der Waals surface area contributed by atoms with Gasteiger partial charge in [0.2, 0.25) is 5.90 Å². The molecule has 1 aromatic carbocycles. The molecule has 0 aromatic heterocycles. The number of nitrogens with zero attached hydrogens (tertiary/aromatic N) is 2. The lowest BCUT2D eigenvalue weighted by atomic mass is 9.68. The van der Waals surface area contributed by atoms with Crippen molar-refractivity contribution < 1.29 is 9.57 Å². The number of rotatable bonds is 2. The van der Waals surface area contributed by atoms with E-state index in [9.17, 15) is 0 Å². The molecule has 0 radical (unpaired) electrons. The highest BCUT2D eigenvalue weighted by atomic mass is 16.7. The van der Waals surface area contributed by atoms with Crippen LogP contribution in [0.5, 0.6) is 5.75 Å². The van der Waals surface area contributed by atoms with Crippen LogP contribution in [0.2, 0.25) is 0 Å². The first-order valence-corrected chi connectivity index (χ1v) is 8.49. The Kier molecular flexibility index (Phi) is 2.78. The fourth-order valence-electron chi connectivity index (χ4n) is 5.22. The Morgan fingerprint density at radius 3 is 2.64 bits per heavy atom. The summed E-state index contributed by atoms with van der Waals surface area (Å²) in [5.41, 5.74) is 0.973. The number of benzene rings is 1. The molecule has 4 heteroatoms. The number of ether oxygens (including phenoxy) is 1. The minimum absolute atomic E-state index is 0.222. The van der Waals surface area contributed by atoms with Gasteiger partial charge in [0.15, 0.2) is 0 Å². The van der Waals surface area contributed by atoms with Gasteiger partial charge in [0.1, 0.15) is 11.9 Å². The summed E-state index contributed by atoms with van der Waals surface area (Å²) >= 11 is 0. The second kappa shape index (κ2) is 4.72. The van der Waals surface area contributed by atoms with Crippen molar-refractivity contribution in [2.45, 2.75) is 44.3 Å². The van der Waals surface area contributed by atoms with E-state index in [1.807, 2.05) is 24.3 Å². The second-order valence-electron chi connectivity index (χ2n) is 7.32. The molecule has 2 aliphatic carbocycles. The highest BCUT2D eigenvalue weighted by Gasteiger charge is 2.51. The highest BCUT2D eigenvalue weighted by Crippen LogP contribution is 2.51. The SMILES string of the molecule is COc1ccccc1C1=NC2C3CC4CC(C3)CC(C4)N2O1. The van der Waals surface area contributed by atoms with Gasteiger partial charge in [-0.15, -0.1) is 5.06 Å². The zero-order valence-corrected chi connectivity index (χ0v) is 12.9. The lowest BCUT2D eigenvalue weighted by molar-refractivity contribution is -0.126. The van der Waals surface area contributed by atoms with Crippen LogP contribution in [0.25, 0.3) is 0 Å². The molecule has 116 valence electrons. The number of hydroxylamine groups is 2. The van der Waals surface area contributed by atoms with E-state index in [1.54, 1.807) is 7.11 Å². The van der Waals surface area contributed by atoms with Crippen LogP contribution in [0, 0.1) is 17.8 Å². The summed E-state index contributed by atoms with van der Waals surface area (Å²) in [5, 5.41) is 2.23. The van der Waals surface area contributed by atoms with E-state index in [0.29, 0.717) is 12.0 Å². The third-order valence-electron chi connectivity index (χ3n) is 5.97. The van der Waals surface area contributed by atoms with Gasteiger partial charge in [-0.2, -0.15) is 0 Å². The number of aliphatic imine (C=N–C) groups is 1. The molecule has 0 spiro atoms. The number of para-hydroxylation sites is 1. The summed E-state index contributed by atoms with van der Waals surface area (Å²) < 4.78 is 5.47. The zero-order valence-electron chi connectivity index (χ0n) is 12.9. The van der Waals surface area contributed by atoms with E-state index in [-0.39, 0.29) is 6.17 Å². The second-order valence-corrected chi connectivity index (χ2v) is 7.32. The Morgan fingerprint density at radius 2 is 1.86 bits per heavy atom. The van der Waals surface area contributed by atoms with Crippen molar-refractivity contribution in [2.24, 2.45) is 22.7 Å². The molecule has 2 saturated heterocycles. The molecule has 3 atom stereocenters. The van der Waals surface area contributed by atoms with Crippen LogP contribution in [0.3, 0.4) is 0 Å². The van der Waals surface area contributed by atoms with Crippen molar-refractivity contribution >= 4 is 5.90 Å². The smallest absolute Gasteiger partial charge is 0.246 e. The van der Waals surface area contributed by atoms with E-state index < -0.39 is 0 Å². The van der Waals surface area contributed by atoms with Crippen LogP contribution >= 0.6 is 0 Å². The van der Waals surface area contributed by atoms with E-state index in [2.05, 4.69) is 5.06 Å². The Hall–Kier alpha value is -1.55. The molecule has 0 N–H and O–H groups in total. The summed E-state index contributed by atoms with van der Waals surface area (Å²) in [5.74, 6) is 4.06. The quantitative estimate of drug-likeness (QED) is 0.840. The predicted molar refractivity (Wildman–Crippen MR) is 83.6 cm³/mol. The highest BCUT2D eigenvalue weighted by molar-refractivity contribution is 5.97. The Balaban J connectivity index is 1.52.